The van der Waals surface area contributed by atoms with Crippen molar-refractivity contribution in [3.05, 3.63) is 72.4 Å². The van der Waals surface area contributed by atoms with E-state index in [9.17, 15) is 9.18 Å². The van der Waals surface area contributed by atoms with Gasteiger partial charge < -0.3 is 9.64 Å². The number of likely N-dealkylation sites (tertiary alicyclic amines) is 1. The third kappa shape index (κ3) is 3.41. The number of ether oxygens (including phenoxy) is 1. The van der Waals surface area contributed by atoms with Crippen LogP contribution in [0.3, 0.4) is 0 Å². The molecule has 4 aromatic rings. The van der Waals surface area contributed by atoms with E-state index < -0.39 is 0 Å². The van der Waals surface area contributed by atoms with E-state index in [1.54, 1.807) is 42.4 Å². The number of halogens is 1. The fourth-order valence-electron chi connectivity index (χ4n) is 4.75. The fourth-order valence-corrected chi connectivity index (χ4v) is 5.35. The standard InChI is InChI=1S/C25H21FN4O2S/c1-33-23-13-30(25-27-10-16(11-28-25)19-4-2-3-5-21(19)26)22-8-15(6-7-20(22)23)24(31)29-12-18-9-17(29)14-32-18/h2-8,10-11,13,17-18H,9,12,14H2,1H3/t17-,18-/m0/s1. The molecule has 0 saturated carbocycles. The van der Waals surface area contributed by atoms with E-state index in [0.29, 0.717) is 35.8 Å². The number of aromatic nitrogens is 3. The van der Waals surface area contributed by atoms with Crippen molar-refractivity contribution in [1.29, 1.82) is 0 Å². The van der Waals surface area contributed by atoms with E-state index in [-0.39, 0.29) is 23.9 Å². The van der Waals surface area contributed by atoms with Crippen molar-refractivity contribution >= 4 is 28.6 Å². The van der Waals surface area contributed by atoms with Gasteiger partial charge in [-0.3, -0.25) is 9.36 Å². The first-order valence-corrected chi connectivity index (χ1v) is 12.0. The molecule has 33 heavy (non-hydrogen) atoms. The van der Waals surface area contributed by atoms with E-state index in [0.717, 1.165) is 22.2 Å². The minimum atomic E-state index is -0.311. The molecule has 0 N–H and O–H groups in total. The Morgan fingerprint density at radius 1 is 1.18 bits per heavy atom. The van der Waals surface area contributed by atoms with E-state index in [1.165, 1.54) is 6.07 Å². The zero-order valence-corrected chi connectivity index (χ0v) is 18.8. The number of carbonyl (C=O) groups excluding carboxylic acids is 1. The molecule has 0 unspecified atom stereocenters. The summed E-state index contributed by atoms with van der Waals surface area (Å²) in [7, 11) is 0. The highest BCUT2D eigenvalue weighted by Gasteiger charge is 2.41. The minimum absolute atomic E-state index is 0.0296. The summed E-state index contributed by atoms with van der Waals surface area (Å²) in [4.78, 5) is 25.2. The van der Waals surface area contributed by atoms with E-state index in [2.05, 4.69) is 9.97 Å². The SMILES string of the molecule is CSc1cn(-c2ncc(-c3ccccc3F)cn2)c2cc(C(=O)N3C[C@@H]4C[C@H]3CO4)ccc12. The number of rotatable bonds is 4. The predicted octanol–water partition coefficient (Wildman–Crippen LogP) is 4.56. The molecule has 0 radical (unpaired) electrons. The summed E-state index contributed by atoms with van der Waals surface area (Å²) >= 11 is 1.63. The second-order valence-corrected chi connectivity index (χ2v) is 9.20. The number of nitrogens with zero attached hydrogens (tertiary/aromatic N) is 4. The lowest BCUT2D eigenvalue weighted by atomic mass is 10.1. The van der Waals surface area contributed by atoms with Crippen LogP contribution < -0.4 is 0 Å². The minimum Gasteiger partial charge on any atom is -0.374 e. The maximum atomic E-state index is 14.2. The first kappa shape index (κ1) is 20.4. The van der Waals surface area contributed by atoms with Crippen molar-refractivity contribution in [2.75, 3.05) is 19.4 Å². The molecule has 2 aliphatic heterocycles. The summed E-state index contributed by atoms with van der Waals surface area (Å²) in [6.45, 7) is 1.27. The highest BCUT2D eigenvalue weighted by Crippen LogP contribution is 2.33. The van der Waals surface area contributed by atoms with Gasteiger partial charge in [-0.15, -0.1) is 11.8 Å². The zero-order valence-electron chi connectivity index (χ0n) is 17.9. The lowest BCUT2D eigenvalue weighted by Gasteiger charge is -2.27. The van der Waals surface area contributed by atoms with Crippen LogP contribution in [0.25, 0.3) is 28.0 Å². The first-order valence-electron chi connectivity index (χ1n) is 10.8. The maximum absolute atomic E-state index is 14.2. The number of carbonyl (C=O) groups is 1. The van der Waals surface area contributed by atoms with Crippen molar-refractivity contribution in [2.45, 2.75) is 23.5 Å². The summed E-state index contributed by atoms with van der Waals surface area (Å²) in [5.41, 5.74) is 2.58. The smallest absolute Gasteiger partial charge is 0.254 e. The molecule has 2 atom stereocenters. The van der Waals surface area contributed by atoms with Crippen molar-refractivity contribution in [2.24, 2.45) is 0 Å². The Morgan fingerprint density at radius 3 is 2.70 bits per heavy atom. The van der Waals surface area contributed by atoms with Gasteiger partial charge in [0.15, 0.2) is 0 Å². The molecule has 6 rings (SSSR count). The average molecular weight is 461 g/mol. The van der Waals surface area contributed by atoms with Crippen molar-refractivity contribution < 1.29 is 13.9 Å². The van der Waals surface area contributed by atoms with Crippen molar-refractivity contribution in [3.8, 4) is 17.1 Å². The normalized spacial score (nSPS) is 19.5. The molecule has 166 valence electrons. The Morgan fingerprint density at radius 2 is 2.00 bits per heavy atom. The molecule has 1 amide bonds. The van der Waals surface area contributed by atoms with Crippen LogP contribution in [-0.4, -0.2) is 56.9 Å². The van der Waals surface area contributed by atoms with E-state index >= 15 is 0 Å². The summed E-state index contributed by atoms with van der Waals surface area (Å²) in [5, 5.41) is 1.03. The molecular formula is C25H21FN4O2S. The molecule has 2 bridgehead atoms. The molecule has 8 heteroatoms. The number of benzene rings is 2. The molecule has 4 heterocycles. The van der Waals surface area contributed by atoms with Gasteiger partial charge in [0.05, 0.1) is 24.3 Å². The summed E-state index contributed by atoms with van der Waals surface area (Å²) < 4.78 is 21.7. The van der Waals surface area contributed by atoms with Crippen molar-refractivity contribution in [1.82, 2.24) is 19.4 Å². The summed E-state index contributed by atoms with van der Waals surface area (Å²) in [6.07, 6.45) is 8.33. The molecule has 2 aliphatic rings. The maximum Gasteiger partial charge on any atom is 0.254 e. The molecule has 2 aromatic heterocycles. The Kier molecular flexibility index (Phi) is 4.92. The Balaban J connectivity index is 1.39. The van der Waals surface area contributed by atoms with Crippen LogP contribution in [0.1, 0.15) is 16.8 Å². The number of hydrogen-bond donors (Lipinski definition) is 0. The number of thioether (sulfide) groups is 1. The molecular weight excluding hydrogens is 439 g/mol. The van der Waals surface area contributed by atoms with Gasteiger partial charge >= 0.3 is 0 Å². The Hall–Kier alpha value is -3.23. The van der Waals surface area contributed by atoms with Crippen LogP contribution in [0.4, 0.5) is 4.39 Å². The number of amides is 1. The van der Waals surface area contributed by atoms with Crippen LogP contribution >= 0.6 is 11.8 Å². The van der Waals surface area contributed by atoms with E-state index in [1.807, 2.05) is 40.1 Å². The molecule has 2 saturated heterocycles. The van der Waals surface area contributed by atoms with Crippen molar-refractivity contribution in [3.63, 3.8) is 0 Å². The molecule has 2 aromatic carbocycles. The second-order valence-electron chi connectivity index (χ2n) is 8.35. The number of hydrogen-bond acceptors (Lipinski definition) is 5. The van der Waals surface area contributed by atoms with Crippen LogP contribution in [0.2, 0.25) is 0 Å². The van der Waals surface area contributed by atoms with Gasteiger partial charge in [-0.2, -0.15) is 0 Å². The van der Waals surface area contributed by atoms with Gasteiger partial charge in [0.1, 0.15) is 5.82 Å². The lowest BCUT2D eigenvalue weighted by molar-refractivity contribution is 0.0259. The van der Waals surface area contributed by atoms with Crippen LogP contribution in [0, 0.1) is 5.82 Å². The van der Waals surface area contributed by atoms with Gasteiger partial charge in [0.25, 0.3) is 5.91 Å². The summed E-state index contributed by atoms with van der Waals surface area (Å²) in [6, 6.07) is 12.5. The van der Waals surface area contributed by atoms with Gasteiger partial charge in [-0.1, -0.05) is 24.3 Å². The monoisotopic (exact) mass is 460 g/mol. The largest absolute Gasteiger partial charge is 0.374 e. The summed E-state index contributed by atoms with van der Waals surface area (Å²) in [5.74, 6) is 0.190. The topological polar surface area (TPSA) is 60.2 Å². The number of fused-ring (bicyclic) bond motifs is 3. The van der Waals surface area contributed by atoms with Crippen LogP contribution in [0.15, 0.2) is 66.0 Å². The van der Waals surface area contributed by atoms with Crippen LogP contribution in [-0.2, 0) is 4.74 Å². The lowest BCUT2D eigenvalue weighted by Crippen LogP contribution is -2.41. The van der Waals surface area contributed by atoms with Crippen LogP contribution in [0.5, 0.6) is 0 Å². The van der Waals surface area contributed by atoms with Gasteiger partial charge in [-0.05, 0) is 30.9 Å². The predicted molar refractivity (Wildman–Crippen MR) is 125 cm³/mol. The Bertz CT molecular complexity index is 1370. The fraction of sp³-hybridized carbons (Fsp3) is 0.240. The van der Waals surface area contributed by atoms with E-state index in [4.69, 9.17) is 4.74 Å². The van der Waals surface area contributed by atoms with Gasteiger partial charge in [0.2, 0.25) is 5.95 Å². The Labute approximate surface area is 194 Å². The second kappa shape index (κ2) is 7.97. The third-order valence-electron chi connectivity index (χ3n) is 6.44. The van der Waals surface area contributed by atoms with Gasteiger partial charge in [-0.25, -0.2) is 14.4 Å². The highest BCUT2D eigenvalue weighted by atomic mass is 32.2. The average Bonchev–Trinajstić information content (AvgIpc) is 3.58. The molecule has 0 aliphatic carbocycles. The molecule has 0 spiro atoms. The quantitative estimate of drug-likeness (QED) is 0.418. The van der Waals surface area contributed by atoms with Gasteiger partial charge in [0, 0.05) is 52.1 Å². The molecule has 2 fully saturated rings. The highest BCUT2D eigenvalue weighted by molar-refractivity contribution is 7.98. The molecule has 6 nitrogen and oxygen atoms in total. The zero-order chi connectivity index (χ0) is 22.5. The third-order valence-corrected chi connectivity index (χ3v) is 7.20. The number of morpholine rings is 1. The first-order chi connectivity index (χ1) is 16.1.